The maximum absolute atomic E-state index is 13.4. The Hall–Kier alpha value is -3.60. The molecule has 0 atom stereocenters. The Morgan fingerprint density at radius 3 is 2.19 bits per heavy atom. The molecule has 1 fully saturated rings. The minimum Gasteiger partial charge on any atom is -0.402 e. The summed E-state index contributed by atoms with van der Waals surface area (Å²) < 4.78 is 40.3. The van der Waals surface area contributed by atoms with Gasteiger partial charge in [-0.15, -0.1) is 0 Å². The number of rotatable bonds is 4. The number of benzene rings is 2. The van der Waals surface area contributed by atoms with Gasteiger partial charge in [-0.2, -0.15) is 18.4 Å². The minimum absolute atomic E-state index is 0.0280. The number of nitrogens with zero attached hydrogens (tertiary/aromatic N) is 2. The average Bonchev–Trinajstić information content (AvgIpc) is 2.65. The van der Waals surface area contributed by atoms with Crippen molar-refractivity contribution in [3.8, 4) is 6.07 Å². The molecule has 2 aromatic carbocycles. The molecule has 0 radical (unpaired) electrons. The van der Waals surface area contributed by atoms with Gasteiger partial charge < -0.3 is 10.6 Å². The summed E-state index contributed by atoms with van der Waals surface area (Å²) in [5.41, 5.74) is 5.96. The first-order chi connectivity index (χ1) is 14.9. The van der Waals surface area contributed by atoms with Crippen LogP contribution in [-0.2, 0) is 0 Å². The first-order valence-corrected chi connectivity index (χ1v) is 9.97. The molecular formula is C24H23F3N4O. The quantitative estimate of drug-likeness (QED) is 0.682. The molecule has 32 heavy (non-hydrogen) atoms. The molecule has 1 heterocycles. The zero-order chi connectivity index (χ0) is 23.8. The molecule has 0 aromatic heterocycles. The smallest absolute Gasteiger partial charge is 0.402 e. The molecule has 1 amide bonds. The first-order valence-electron chi connectivity index (χ1n) is 9.97. The van der Waals surface area contributed by atoms with Gasteiger partial charge in [-0.25, -0.2) is 0 Å². The highest BCUT2D eigenvalue weighted by molar-refractivity contribution is 6.13. The first kappa shape index (κ1) is 23.1. The third-order valence-electron chi connectivity index (χ3n) is 5.68. The molecule has 166 valence electrons. The summed E-state index contributed by atoms with van der Waals surface area (Å²) in [6.45, 7) is 5.38. The van der Waals surface area contributed by atoms with Crippen LogP contribution in [0.25, 0.3) is 0 Å². The summed E-state index contributed by atoms with van der Waals surface area (Å²) >= 11 is 0. The van der Waals surface area contributed by atoms with Gasteiger partial charge in [-0.05, 0) is 55.7 Å². The number of carbonyl (C=O) groups is 1. The third kappa shape index (κ3) is 4.37. The fourth-order valence-electron chi connectivity index (χ4n) is 3.90. The summed E-state index contributed by atoms with van der Waals surface area (Å²) in [5, 5.41) is 17.1. The molecule has 1 aliphatic rings. The minimum atomic E-state index is -4.77. The van der Waals surface area contributed by atoms with E-state index in [0.717, 1.165) is 12.5 Å². The van der Waals surface area contributed by atoms with Crippen molar-refractivity contribution in [2.24, 2.45) is 5.73 Å². The van der Waals surface area contributed by atoms with Crippen LogP contribution in [0.4, 0.5) is 13.2 Å². The zero-order valence-corrected chi connectivity index (χ0v) is 18.0. The van der Waals surface area contributed by atoms with E-state index in [0.29, 0.717) is 29.8 Å². The second-order valence-electron chi connectivity index (χ2n) is 8.05. The Kier molecular flexibility index (Phi) is 6.13. The SMILES string of the molecule is CC(N)=C(C(=N)c1cc(C(=O)N2CC(c3ccc(C#N)cc3)C2)c(C)cc1C)C(F)(F)F. The number of nitrogens with one attached hydrogen (secondary N) is 1. The molecule has 1 saturated heterocycles. The van der Waals surface area contributed by atoms with Crippen LogP contribution in [0.5, 0.6) is 0 Å². The van der Waals surface area contributed by atoms with Crippen LogP contribution in [0.15, 0.2) is 47.7 Å². The number of hydrogen-bond donors (Lipinski definition) is 2. The number of likely N-dealkylation sites (tertiary alicyclic amines) is 1. The van der Waals surface area contributed by atoms with Crippen molar-refractivity contribution >= 4 is 11.6 Å². The number of allylic oxidation sites excluding steroid dienone is 2. The van der Waals surface area contributed by atoms with Gasteiger partial charge in [0, 0.05) is 35.8 Å². The molecule has 3 N–H and O–H groups in total. The predicted octanol–water partition coefficient (Wildman–Crippen LogP) is 4.58. The maximum Gasteiger partial charge on any atom is 0.420 e. The standard InChI is InChI=1S/C24H23F3N4O/c1-13-8-14(2)20(9-19(13)22(30)21(15(3)29)24(25,26)27)23(32)31-11-18(12-31)17-6-4-16(10-28)5-7-17/h4-9,18,30H,11-12,29H2,1-3H3. The highest BCUT2D eigenvalue weighted by Gasteiger charge is 2.39. The molecule has 5 nitrogen and oxygen atoms in total. The topological polar surface area (TPSA) is 94.0 Å². The van der Waals surface area contributed by atoms with E-state index in [-0.39, 0.29) is 23.0 Å². The number of nitrogens with two attached hydrogens (primary N) is 1. The second kappa shape index (κ2) is 8.50. The van der Waals surface area contributed by atoms with Gasteiger partial charge in [0.15, 0.2) is 0 Å². The molecule has 1 aliphatic heterocycles. The van der Waals surface area contributed by atoms with E-state index < -0.39 is 23.2 Å². The highest BCUT2D eigenvalue weighted by Crippen LogP contribution is 2.33. The Labute approximate surface area is 184 Å². The molecule has 3 rings (SSSR count). The fourth-order valence-corrected chi connectivity index (χ4v) is 3.90. The van der Waals surface area contributed by atoms with E-state index in [9.17, 15) is 18.0 Å². The Morgan fingerprint density at radius 2 is 1.69 bits per heavy atom. The Morgan fingerprint density at radius 1 is 1.12 bits per heavy atom. The molecule has 2 aromatic rings. The van der Waals surface area contributed by atoms with Gasteiger partial charge in [0.05, 0.1) is 22.9 Å². The van der Waals surface area contributed by atoms with Gasteiger partial charge >= 0.3 is 6.18 Å². The average molecular weight is 440 g/mol. The molecule has 8 heteroatoms. The van der Waals surface area contributed by atoms with Gasteiger partial charge in [-0.1, -0.05) is 18.2 Å². The number of alkyl halides is 3. The van der Waals surface area contributed by atoms with Crippen molar-refractivity contribution in [1.82, 2.24) is 4.90 Å². The Balaban J connectivity index is 1.85. The molecule has 0 bridgehead atoms. The molecule has 0 unspecified atom stereocenters. The number of aryl methyl sites for hydroxylation is 2. The van der Waals surface area contributed by atoms with Crippen molar-refractivity contribution in [2.75, 3.05) is 13.1 Å². The Bertz CT molecular complexity index is 1150. The predicted molar refractivity (Wildman–Crippen MR) is 115 cm³/mol. The summed E-state index contributed by atoms with van der Waals surface area (Å²) in [5.74, 6) is -0.154. The summed E-state index contributed by atoms with van der Waals surface area (Å²) in [7, 11) is 0. The van der Waals surface area contributed by atoms with Crippen LogP contribution in [-0.4, -0.2) is 35.8 Å². The molecule has 0 aliphatic carbocycles. The lowest BCUT2D eigenvalue weighted by atomic mass is 9.88. The van der Waals surface area contributed by atoms with Crippen LogP contribution >= 0.6 is 0 Å². The van der Waals surface area contributed by atoms with Crippen LogP contribution in [0.3, 0.4) is 0 Å². The largest absolute Gasteiger partial charge is 0.420 e. The third-order valence-corrected chi connectivity index (χ3v) is 5.68. The van der Waals surface area contributed by atoms with Gasteiger partial charge in [0.1, 0.15) is 0 Å². The second-order valence-corrected chi connectivity index (χ2v) is 8.05. The normalized spacial score (nSPS) is 15.0. The lowest BCUT2D eigenvalue weighted by molar-refractivity contribution is -0.0868. The van der Waals surface area contributed by atoms with Gasteiger partial charge in [-0.3, -0.25) is 10.2 Å². The summed E-state index contributed by atoms with van der Waals surface area (Å²) in [4.78, 5) is 14.7. The van der Waals surface area contributed by atoms with E-state index >= 15 is 0 Å². The van der Waals surface area contributed by atoms with Gasteiger partial charge in [0.25, 0.3) is 5.91 Å². The van der Waals surface area contributed by atoms with Crippen molar-refractivity contribution in [3.63, 3.8) is 0 Å². The van der Waals surface area contributed by atoms with Crippen LogP contribution < -0.4 is 5.73 Å². The molecule has 0 saturated carbocycles. The number of halogens is 3. The van der Waals surface area contributed by atoms with Crippen molar-refractivity contribution in [1.29, 1.82) is 10.7 Å². The van der Waals surface area contributed by atoms with Crippen molar-refractivity contribution < 1.29 is 18.0 Å². The van der Waals surface area contributed by atoms with Crippen LogP contribution in [0.2, 0.25) is 0 Å². The van der Waals surface area contributed by atoms with Crippen LogP contribution in [0.1, 0.15) is 51.0 Å². The summed E-state index contributed by atoms with van der Waals surface area (Å²) in [6, 6.07) is 12.2. The summed E-state index contributed by atoms with van der Waals surface area (Å²) in [6.07, 6.45) is -4.77. The van der Waals surface area contributed by atoms with E-state index in [1.54, 1.807) is 36.9 Å². The number of carbonyl (C=O) groups excluding carboxylic acids is 1. The highest BCUT2D eigenvalue weighted by atomic mass is 19.4. The lowest BCUT2D eigenvalue weighted by Crippen LogP contribution is -2.48. The molecule has 0 spiro atoms. The number of amides is 1. The van der Waals surface area contributed by atoms with E-state index in [4.69, 9.17) is 16.4 Å². The fraction of sp³-hybridized carbons (Fsp3) is 0.292. The zero-order valence-electron chi connectivity index (χ0n) is 18.0. The van der Waals surface area contributed by atoms with Gasteiger partial charge in [0.2, 0.25) is 0 Å². The van der Waals surface area contributed by atoms with E-state index in [1.807, 2.05) is 12.1 Å². The molecular weight excluding hydrogens is 417 g/mol. The van der Waals surface area contributed by atoms with Crippen LogP contribution in [0, 0.1) is 30.6 Å². The van der Waals surface area contributed by atoms with Crippen molar-refractivity contribution in [2.45, 2.75) is 32.9 Å². The van der Waals surface area contributed by atoms with E-state index in [1.165, 1.54) is 6.07 Å². The monoisotopic (exact) mass is 440 g/mol. The maximum atomic E-state index is 13.4. The lowest BCUT2D eigenvalue weighted by Gasteiger charge is -2.40. The van der Waals surface area contributed by atoms with E-state index in [2.05, 4.69) is 6.07 Å². The van der Waals surface area contributed by atoms with Crippen molar-refractivity contribution in [3.05, 3.63) is 81.0 Å². The number of nitriles is 1. The number of hydrogen-bond acceptors (Lipinski definition) is 4.